The van der Waals surface area contributed by atoms with Gasteiger partial charge in [-0.2, -0.15) is 0 Å². The zero-order chi connectivity index (χ0) is 20.6. The summed E-state index contributed by atoms with van der Waals surface area (Å²) >= 11 is 1.39. The average Bonchev–Trinajstić information content (AvgIpc) is 3.20. The summed E-state index contributed by atoms with van der Waals surface area (Å²) in [6.07, 6.45) is 0.879. The van der Waals surface area contributed by atoms with E-state index in [1.54, 1.807) is 12.1 Å². The molecule has 5 nitrogen and oxygen atoms in total. The van der Waals surface area contributed by atoms with Crippen molar-refractivity contribution in [2.75, 3.05) is 5.32 Å². The Morgan fingerprint density at radius 1 is 1.03 bits per heavy atom. The lowest BCUT2D eigenvalue weighted by atomic mass is 10.2. The monoisotopic (exact) mass is 422 g/mol. The Hall–Kier alpha value is -2.77. The van der Waals surface area contributed by atoms with Crippen LogP contribution >= 0.6 is 11.3 Å². The molecule has 29 heavy (non-hydrogen) atoms. The summed E-state index contributed by atoms with van der Waals surface area (Å²) in [4.78, 5) is 33.0. The van der Waals surface area contributed by atoms with E-state index in [0.717, 1.165) is 17.7 Å². The molecule has 3 aromatic rings. The molecule has 0 aliphatic rings. The number of hydrogen-bond acceptors (Lipinski definition) is 4. The van der Waals surface area contributed by atoms with Crippen LogP contribution in [0.5, 0.6) is 0 Å². The number of rotatable bonds is 8. The summed E-state index contributed by atoms with van der Waals surface area (Å²) in [6, 6.07) is 19.5. The quantitative estimate of drug-likeness (QED) is 0.478. The minimum Gasteiger partial charge on any atom is -0.370 e. The fourth-order valence-corrected chi connectivity index (χ4v) is 5.53. The zero-order valence-electron chi connectivity index (χ0n) is 16.5. The van der Waals surface area contributed by atoms with Crippen molar-refractivity contribution < 1.29 is 9.59 Å². The molecule has 2 N–H and O–H groups in total. The molecule has 2 amide bonds. The van der Waals surface area contributed by atoms with Gasteiger partial charge in [-0.3, -0.25) is 9.59 Å². The third-order valence-corrected chi connectivity index (χ3v) is 7.09. The maximum absolute atomic E-state index is 12.9. The molecule has 1 radical (unpaired) electrons. The van der Waals surface area contributed by atoms with E-state index in [0.29, 0.717) is 22.7 Å². The van der Waals surface area contributed by atoms with Crippen molar-refractivity contribution in [1.29, 1.82) is 0 Å². The van der Waals surface area contributed by atoms with Crippen LogP contribution in [0.2, 0.25) is 6.04 Å². The highest BCUT2D eigenvalue weighted by atomic mass is 32.1. The smallest absolute Gasteiger partial charge is 0.281 e. The van der Waals surface area contributed by atoms with E-state index in [1.165, 1.54) is 11.3 Å². The molecule has 0 atom stereocenters. The number of hydrogen-bond donors (Lipinski definition) is 2. The minimum absolute atomic E-state index is 0.145. The number of benzene rings is 2. The molecule has 7 heteroatoms. The summed E-state index contributed by atoms with van der Waals surface area (Å²) < 4.78 is 0. The van der Waals surface area contributed by atoms with E-state index >= 15 is 0 Å². The fraction of sp³-hybridized carbons (Fsp3) is 0.227. The number of carbonyl (C=O) groups excluding carboxylic acids is 2. The van der Waals surface area contributed by atoms with Crippen LogP contribution in [-0.2, 0) is 0 Å². The molecule has 149 valence electrons. The van der Waals surface area contributed by atoms with Gasteiger partial charge in [-0.25, -0.2) is 4.98 Å². The van der Waals surface area contributed by atoms with Gasteiger partial charge in [0.2, 0.25) is 11.4 Å². The van der Waals surface area contributed by atoms with Gasteiger partial charge in [0, 0.05) is 16.5 Å². The van der Waals surface area contributed by atoms with Gasteiger partial charge in [-0.15, -0.1) is 11.3 Å². The molecule has 1 heterocycles. The zero-order valence-corrected chi connectivity index (χ0v) is 18.3. The first kappa shape index (κ1) is 20.9. The predicted molar refractivity (Wildman–Crippen MR) is 120 cm³/mol. The predicted octanol–water partition coefficient (Wildman–Crippen LogP) is 5.39. The third kappa shape index (κ3) is 6.10. The van der Waals surface area contributed by atoms with E-state index in [2.05, 4.69) is 29.1 Å². The van der Waals surface area contributed by atoms with Crippen LogP contribution in [0.3, 0.4) is 0 Å². The third-order valence-electron chi connectivity index (χ3n) is 4.34. The first-order valence-electron chi connectivity index (χ1n) is 9.57. The van der Waals surface area contributed by atoms with Gasteiger partial charge in [0.05, 0.1) is 5.69 Å². The number of thiazole rings is 1. The summed E-state index contributed by atoms with van der Waals surface area (Å²) in [6.45, 7) is 4.23. The Bertz CT molecular complexity index is 945. The van der Waals surface area contributed by atoms with Gasteiger partial charge >= 0.3 is 0 Å². The van der Waals surface area contributed by atoms with E-state index < -0.39 is 8.96 Å². The van der Waals surface area contributed by atoms with Gasteiger partial charge in [0.1, 0.15) is 0 Å². The lowest BCUT2D eigenvalue weighted by molar-refractivity contribution is 0.0979. The maximum atomic E-state index is 12.9. The molecule has 0 spiro atoms. The number of carbonyl (C=O) groups is 2. The SMILES string of the molecule is CC(C)CC[Si](NC(=O)c1ccccc1)C(=O)Nc1nc(-c2ccccc2)cs1. The van der Waals surface area contributed by atoms with E-state index in [4.69, 9.17) is 0 Å². The normalized spacial score (nSPS) is 10.9. The maximum Gasteiger partial charge on any atom is 0.281 e. The topological polar surface area (TPSA) is 71.1 Å². The second kappa shape index (κ2) is 10.1. The highest BCUT2D eigenvalue weighted by Crippen LogP contribution is 2.24. The van der Waals surface area contributed by atoms with Crippen molar-refractivity contribution in [2.45, 2.75) is 26.3 Å². The van der Waals surface area contributed by atoms with Crippen molar-refractivity contribution in [1.82, 2.24) is 9.97 Å². The molecule has 0 bridgehead atoms. The Morgan fingerprint density at radius 3 is 2.34 bits per heavy atom. The van der Waals surface area contributed by atoms with Crippen molar-refractivity contribution in [3.05, 3.63) is 71.6 Å². The molecule has 2 aromatic carbocycles. The van der Waals surface area contributed by atoms with Crippen molar-refractivity contribution in [3.63, 3.8) is 0 Å². The second-order valence-electron chi connectivity index (χ2n) is 7.09. The van der Waals surface area contributed by atoms with Crippen LogP contribution in [0.4, 0.5) is 9.93 Å². The highest BCUT2D eigenvalue weighted by Gasteiger charge is 2.26. The summed E-state index contributed by atoms with van der Waals surface area (Å²) in [5.41, 5.74) is 2.25. The van der Waals surface area contributed by atoms with Gasteiger partial charge in [-0.1, -0.05) is 68.8 Å². The number of nitrogens with one attached hydrogen (secondary N) is 2. The van der Waals surface area contributed by atoms with Gasteiger partial charge in [-0.05, 0) is 24.1 Å². The Labute approximate surface area is 176 Å². The van der Waals surface area contributed by atoms with Crippen LogP contribution in [0.1, 0.15) is 30.6 Å². The molecule has 0 aliphatic carbocycles. The van der Waals surface area contributed by atoms with Crippen LogP contribution in [0, 0.1) is 5.92 Å². The number of aromatic nitrogens is 1. The number of amides is 2. The molecule has 0 fully saturated rings. The summed E-state index contributed by atoms with van der Waals surface area (Å²) in [5.74, 6) is 0.253. The molecule has 0 saturated carbocycles. The van der Waals surface area contributed by atoms with Crippen molar-refractivity contribution in [3.8, 4) is 11.3 Å². The lowest BCUT2D eigenvalue weighted by Gasteiger charge is -2.16. The summed E-state index contributed by atoms with van der Waals surface area (Å²) in [7, 11) is -1.80. The van der Waals surface area contributed by atoms with Crippen LogP contribution < -0.4 is 10.3 Å². The molecule has 0 saturated heterocycles. The van der Waals surface area contributed by atoms with Gasteiger partial charge in [0.15, 0.2) is 5.13 Å². The highest BCUT2D eigenvalue weighted by molar-refractivity contribution is 7.14. The molecule has 0 unspecified atom stereocenters. The van der Waals surface area contributed by atoms with Crippen LogP contribution in [0.25, 0.3) is 11.3 Å². The van der Waals surface area contributed by atoms with Crippen molar-refractivity contribution >= 4 is 36.9 Å². The average molecular weight is 423 g/mol. The van der Waals surface area contributed by atoms with E-state index in [1.807, 2.05) is 53.9 Å². The Morgan fingerprint density at radius 2 is 1.69 bits per heavy atom. The van der Waals surface area contributed by atoms with Crippen LogP contribution in [0.15, 0.2) is 66.0 Å². The Kier molecular flexibility index (Phi) is 7.32. The molecular formula is C22H24N3O2SSi. The Balaban J connectivity index is 1.69. The van der Waals surface area contributed by atoms with Crippen molar-refractivity contribution in [2.24, 2.45) is 5.92 Å². The standard InChI is InChI=1S/C22H24N3O2SSi/c1-16(2)13-14-29(25-20(26)18-11-7-4-8-12-18)22(27)24-21-23-19(15-28-21)17-9-5-3-6-10-17/h3-12,15-16H,13-14H2,1-2H3,(H,25,26)(H,23,24,27). The van der Waals surface area contributed by atoms with E-state index in [9.17, 15) is 9.59 Å². The largest absolute Gasteiger partial charge is 0.370 e. The van der Waals surface area contributed by atoms with Gasteiger partial charge in [0.25, 0.3) is 8.96 Å². The van der Waals surface area contributed by atoms with Gasteiger partial charge < -0.3 is 10.3 Å². The lowest BCUT2D eigenvalue weighted by Crippen LogP contribution is -2.47. The minimum atomic E-state index is -1.80. The number of anilines is 1. The van der Waals surface area contributed by atoms with E-state index in [-0.39, 0.29) is 11.4 Å². The first-order chi connectivity index (χ1) is 14.0. The first-order valence-corrected chi connectivity index (χ1v) is 12.2. The molecule has 0 aliphatic heterocycles. The number of nitrogens with zero attached hydrogens (tertiary/aromatic N) is 1. The molecular weight excluding hydrogens is 398 g/mol. The fourth-order valence-electron chi connectivity index (χ4n) is 2.71. The second-order valence-corrected chi connectivity index (χ2v) is 10.1. The summed E-state index contributed by atoms with van der Waals surface area (Å²) in [5, 5.41) is 5.39. The molecule has 3 rings (SSSR count). The molecule has 1 aromatic heterocycles. The van der Waals surface area contributed by atoms with Crippen LogP contribution in [-0.4, -0.2) is 25.4 Å².